The Kier molecular flexibility index (Phi) is 3.68. The molecule has 0 aliphatic heterocycles. The van der Waals surface area contributed by atoms with Crippen LogP contribution in [0.4, 0.5) is 8.78 Å². The van der Waals surface area contributed by atoms with Gasteiger partial charge in [-0.15, -0.1) is 11.3 Å². The van der Waals surface area contributed by atoms with Gasteiger partial charge in [0.2, 0.25) is 0 Å². The number of aliphatic imine (C=N–C) groups is 1. The molecular formula is C10H11F2NOS. The Hall–Kier alpha value is -1.10. The van der Waals surface area contributed by atoms with E-state index >= 15 is 0 Å². The summed E-state index contributed by atoms with van der Waals surface area (Å²) in [5.41, 5.74) is -0.374. The van der Waals surface area contributed by atoms with E-state index in [1.54, 1.807) is 17.5 Å². The lowest BCUT2D eigenvalue weighted by Crippen LogP contribution is -2.26. The minimum absolute atomic E-state index is 0.313. The number of halogens is 2. The number of hydrogen-bond donors (Lipinski definition) is 0. The lowest BCUT2D eigenvalue weighted by atomic mass is 10.1. The van der Waals surface area contributed by atoms with E-state index in [-0.39, 0.29) is 17.9 Å². The summed E-state index contributed by atoms with van der Waals surface area (Å²) in [6.45, 7) is 0.747. The summed E-state index contributed by atoms with van der Waals surface area (Å²) in [5.74, 6) is -3.34. The molecule has 0 bridgehead atoms. The molecule has 0 aliphatic carbocycles. The van der Waals surface area contributed by atoms with Crippen molar-refractivity contribution in [3.8, 4) is 0 Å². The molecule has 0 saturated heterocycles. The molecule has 0 amide bonds. The lowest BCUT2D eigenvalue weighted by Gasteiger charge is -2.11. The SMILES string of the molecule is CN=C(CC(=O)c1cccs1)C(C)(F)F. The minimum Gasteiger partial charge on any atom is -0.293 e. The smallest absolute Gasteiger partial charge is 0.283 e. The predicted octanol–water partition coefficient (Wildman–Crippen LogP) is 3.05. The third kappa shape index (κ3) is 3.20. The molecule has 1 rings (SSSR count). The van der Waals surface area contributed by atoms with Crippen molar-refractivity contribution in [2.45, 2.75) is 19.3 Å². The normalized spacial score (nSPS) is 12.9. The summed E-state index contributed by atoms with van der Waals surface area (Å²) in [5, 5.41) is 1.74. The van der Waals surface area contributed by atoms with Crippen molar-refractivity contribution in [1.29, 1.82) is 0 Å². The lowest BCUT2D eigenvalue weighted by molar-refractivity contribution is 0.0898. The number of rotatable bonds is 4. The number of hydrogen-bond acceptors (Lipinski definition) is 3. The van der Waals surface area contributed by atoms with Gasteiger partial charge in [-0.3, -0.25) is 9.79 Å². The van der Waals surface area contributed by atoms with Crippen LogP contribution in [0.2, 0.25) is 0 Å². The first-order valence-electron chi connectivity index (χ1n) is 4.36. The molecule has 2 nitrogen and oxygen atoms in total. The van der Waals surface area contributed by atoms with E-state index in [4.69, 9.17) is 0 Å². The molecule has 0 aromatic carbocycles. The Morgan fingerprint density at radius 3 is 2.67 bits per heavy atom. The molecule has 0 fully saturated rings. The fraction of sp³-hybridized carbons (Fsp3) is 0.400. The zero-order chi connectivity index (χ0) is 11.5. The van der Waals surface area contributed by atoms with Crippen molar-refractivity contribution >= 4 is 22.8 Å². The Balaban J connectivity index is 2.74. The maximum Gasteiger partial charge on any atom is 0.283 e. The Bertz CT molecular complexity index is 365. The molecule has 0 unspecified atom stereocenters. The fourth-order valence-electron chi connectivity index (χ4n) is 1.11. The van der Waals surface area contributed by atoms with Crippen LogP contribution in [0.5, 0.6) is 0 Å². The maximum absolute atomic E-state index is 12.9. The van der Waals surface area contributed by atoms with Gasteiger partial charge in [0, 0.05) is 14.0 Å². The first-order chi connectivity index (χ1) is 6.95. The largest absolute Gasteiger partial charge is 0.293 e. The van der Waals surface area contributed by atoms with E-state index in [2.05, 4.69) is 4.99 Å². The van der Waals surface area contributed by atoms with Crippen LogP contribution in [0.3, 0.4) is 0 Å². The van der Waals surface area contributed by atoms with Crippen molar-refractivity contribution in [2.24, 2.45) is 4.99 Å². The van der Waals surface area contributed by atoms with Gasteiger partial charge in [0.15, 0.2) is 5.78 Å². The maximum atomic E-state index is 12.9. The van der Waals surface area contributed by atoms with Crippen LogP contribution >= 0.6 is 11.3 Å². The number of Topliss-reactive ketones (excluding diaryl/α,β-unsaturated/α-hetero) is 1. The topological polar surface area (TPSA) is 29.4 Å². The molecule has 5 heteroatoms. The number of thiophene rings is 1. The van der Waals surface area contributed by atoms with E-state index in [0.717, 1.165) is 6.92 Å². The molecule has 1 aromatic heterocycles. The van der Waals surface area contributed by atoms with E-state index < -0.39 is 5.92 Å². The van der Waals surface area contributed by atoms with Crippen LogP contribution in [-0.4, -0.2) is 24.5 Å². The van der Waals surface area contributed by atoms with E-state index in [1.165, 1.54) is 18.4 Å². The zero-order valence-corrected chi connectivity index (χ0v) is 9.28. The Morgan fingerprint density at radius 1 is 1.60 bits per heavy atom. The average Bonchev–Trinajstić information content (AvgIpc) is 2.64. The Labute approximate surface area is 90.6 Å². The quantitative estimate of drug-likeness (QED) is 0.578. The molecule has 15 heavy (non-hydrogen) atoms. The summed E-state index contributed by atoms with van der Waals surface area (Å²) in [7, 11) is 1.27. The van der Waals surface area contributed by atoms with Crippen LogP contribution in [0.1, 0.15) is 23.0 Å². The summed E-state index contributed by atoms with van der Waals surface area (Å²) >= 11 is 1.24. The van der Waals surface area contributed by atoms with E-state index in [1.807, 2.05) is 0 Å². The van der Waals surface area contributed by atoms with Crippen molar-refractivity contribution < 1.29 is 13.6 Å². The number of alkyl halides is 2. The zero-order valence-electron chi connectivity index (χ0n) is 8.46. The van der Waals surface area contributed by atoms with Crippen LogP contribution in [0.15, 0.2) is 22.5 Å². The molecule has 0 spiro atoms. The highest BCUT2D eigenvalue weighted by atomic mass is 32.1. The van der Waals surface area contributed by atoms with Gasteiger partial charge in [-0.25, -0.2) is 8.78 Å². The minimum atomic E-state index is -3.03. The second-order valence-corrected chi connectivity index (χ2v) is 4.08. The molecule has 1 heterocycles. The first-order valence-corrected chi connectivity index (χ1v) is 5.23. The third-order valence-electron chi connectivity index (χ3n) is 1.90. The van der Waals surface area contributed by atoms with Crippen LogP contribution in [0, 0.1) is 0 Å². The molecule has 0 saturated carbocycles. The van der Waals surface area contributed by atoms with E-state index in [9.17, 15) is 13.6 Å². The van der Waals surface area contributed by atoms with Gasteiger partial charge in [-0.05, 0) is 11.4 Å². The van der Waals surface area contributed by atoms with Gasteiger partial charge in [0.1, 0.15) is 0 Å². The standard InChI is InChI=1S/C10H11F2NOS/c1-10(11,12)9(13-2)6-7(14)8-4-3-5-15-8/h3-5H,6H2,1-2H3. The Morgan fingerprint density at radius 2 is 2.27 bits per heavy atom. The molecule has 0 atom stereocenters. The summed E-state index contributed by atoms with van der Waals surface area (Å²) in [6.07, 6.45) is -0.319. The molecule has 82 valence electrons. The van der Waals surface area contributed by atoms with Crippen LogP contribution in [0.25, 0.3) is 0 Å². The summed E-state index contributed by atoms with van der Waals surface area (Å²) in [4.78, 5) is 15.5. The number of carbonyl (C=O) groups is 1. The van der Waals surface area contributed by atoms with E-state index in [0.29, 0.717) is 4.88 Å². The summed E-state index contributed by atoms with van der Waals surface area (Å²) < 4.78 is 25.8. The highest BCUT2D eigenvalue weighted by molar-refractivity contribution is 7.12. The molecule has 1 aromatic rings. The van der Waals surface area contributed by atoms with Crippen LogP contribution < -0.4 is 0 Å². The van der Waals surface area contributed by atoms with Crippen molar-refractivity contribution in [3.63, 3.8) is 0 Å². The van der Waals surface area contributed by atoms with Crippen molar-refractivity contribution in [2.75, 3.05) is 7.05 Å². The second-order valence-electron chi connectivity index (χ2n) is 3.14. The second kappa shape index (κ2) is 4.61. The van der Waals surface area contributed by atoms with Crippen LogP contribution in [-0.2, 0) is 0 Å². The highest BCUT2D eigenvalue weighted by Crippen LogP contribution is 2.19. The molecule has 0 aliphatic rings. The molecule has 0 N–H and O–H groups in total. The fourth-order valence-corrected chi connectivity index (χ4v) is 1.77. The van der Waals surface area contributed by atoms with Gasteiger partial charge in [-0.2, -0.15) is 0 Å². The molecular weight excluding hydrogens is 220 g/mol. The third-order valence-corrected chi connectivity index (χ3v) is 2.81. The van der Waals surface area contributed by atoms with Gasteiger partial charge < -0.3 is 0 Å². The van der Waals surface area contributed by atoms with Crippen molar-refractivity contribution in [1.82, 2.24) is 0 Å². The van der Waals surface area contributed by atoms with Gasteiger partial charge >= 0.3 is 0 Å². The average molecular weight is 231 g/mol. The van der Waals surface area contributed by atoms with Gasteiger partial charge in [-0.1, -0.05) is 6.07 Å². The first kappa shape index (κ1) is 12.0. The monoisotopic (exact) mass is 231 g/mol. The van der Waals surface area contributed by atoms with Gasteiger partial charge in [0.05, 0.1) is 17.0 Å². The van der Waals surface area contributed by atoms with Crippen molar-refractivity contribution in [3.05, 3.63) is 22.4 Å². The number of ketones is 1. The van der Waals surface area contributed by atoms with Gasteiger partial charge in [0.25, 0.3) is 5.92 Å². The number of carbonyl (C=O) groups excluding carboxylic acids is 1. The highest BCUT2D eigenvalue weighted by Gasteiger charge is 2.30. The molecule has 0 radical (unpaired) electrons. The summed E-state index contributed by atoms with van der Waals surface area (Å²) in [6, 6.07) is 3.33. The predicted molar refractivity (Wildman–Crippen MR) is 57.2 cm³/mol. The number of nitrogens with zero attached hydrogens (tertiary/aromatic N) is 1.